The molecule has 1 rings (SSSR count). The van der Waals surface area contributed by atoms with Gasteiger partial charge in [0, 0.05) is 13.2 Å². The van der Waals surface area contributed by atoms with Crippen molar-refractivity contribution in [2.75, 3.05) is 18.6 Å². The zero-order valence-corrected chi connectivity index (χ0v) is 7.88. The molecule has 0 atom stereocenters. The maximum absolute atomic E-state index is 11.1. The minimum Gasteiger partial charge on any atom is -0.396 e. The Morgan fingerprint density at radius 3 is 2.53 bits per heavy atom. The second-order valence-electron chi connectivity index (χ2n) is 2.64. The third kappa shape index (κ3) is 3.73. The zero-order chi connectivity index (χ0) is 11.1. The third-order valence-electron chi connectivity index (χ3n) is 1.48. The topological polar surface area (TPSA) is 109 Å². The number of nitrogens with zero attached hydrogens (tertiary/aromatic N) is 3. The highest BCUT2D eigenvalue weighted by atomic mass is 16.3. The molecule has 0 radical (unpaired) electrons. The van der Waals surface area contributed by atoms with Crippen LogP contribution in [0, 0.1) is 0 Å². The van der Waals surface area contributed by atoms with E-state index < -0.39 is 11.8 Å². The predicted molar refractivity (Wildman–Crippen MR) is 49.1 cm³/mol. The Morgan fingerprint density at radius 1 is 1.27 bits per heavy atom. The summed E-state index contributed by atoms with van der Waals surface area (Å²) in [5.41, 5.74) is 2.23. The van der Waals surface area contributed by atoms with Crippen LogP contribution >= 0.6 is 0 Å². The molecule has 0 aliphatic carbocycles. The molecule has 0 aliphatic heterocycles. The number of aliphatic hydroxyl groups excluding tert-OH is 1. The Balaban J connectivity index is 2.30. The van der Waals surface area contributed by atoms with Crippen LogP contribution in [0.1, 0.15) is 6.42 Å². The average molecular weight is 213 g/mol. The molecular weight excluding hydrogens is 202 g/mol. The molecule has 0 bridgehead atoms. The monoisotopic (exact) mass is 213 g/mol. The van der Waals surface area contributed by atoms with Crippen molar-refractivity contribution < 1.29 is 14.7 Å². The molecule has 0 saturated heterocycles. The number of amides is 2. The van der Waals surface area contributed by atoms with Gasteiger partial charge in [-0.2, -0.15) is 0 Å². The summed E-state index contributed by atoms with van der Waals surface area (Å²) in [6.45, 7) is 0.221. The van der Waals surface area contributed by atoms with Gasteiger partial charge in [-0.05, 0) is 6.42 Å². The van der Waals surface area contributed by atoms with Crippen molar-refractivity contribution in [1.29, 1.82) is 0 Å². The summed E-state index contributed by atoms with van der Waals surface area (Å²) < 4.78 is 1.16. The van der Waals surface area contributed by atoms with Crippen LogP contribution in [0.3, 0.4) is 0 Å². The molecule has 1 heterocycles. The zero-order valence-electron chi connectivity index (χ0n) is 7.88. The Hall–Kier alpha value is -1.96. The molecule has 3 N–H and O–H groups in total. The average Bonchev–Trinajstić information content (AvgIpc) is 2.70. The first kappa shape index (κ1) is 11.1. The highest BCUT2D eigenvalue weighted by Crippen LogP contribution is 1.78. The highest BCUT2D eigenvalue weighted by molar-refractivity contribution is 6.38. The molecule has 82 valence electrons. The Morgan fingerprint density at radius 2 is 1.93 bits per heavy atom. The van der Waals surface area contributed by atoms with Crippen LogP contribution in [0.25, 0.3) is 0 Å². The van der Waals surface area contributed by atoms with Gasteiger partial charge in [0.05, 0.1) is 0 Å². The normalized spacial score (nSPS) is 9.67. The SMILES string of the molecule is O=C(NCCCO)C(=O)Nn1cnnc1. The molecule has 8 nitrogen and oxygen atoms in total. The van der Waals surface area contributed by atoms with E-state index in [9.17, 15) is 9.59 Å². The smallest absolute Gasteiger partial charge is 0.328 e. The predicted octanol–water partition coefficient (Wildman–Crippen LogP) is -2.15. The van der Waals surface area contributed by atoms with E-state index >= 15 is 0 Å². The van der Waals surface area contributed by atoms with Gasteiger partial charge in [0.2, 0.25) is 0 Å². The molecule has 8 heteroatoms. The van der Waals surface area contributed by atoms with E-state index in [-0.39, 0.29) is 13.2 Å². The van der Waals surface area contributed by atoms with Gasteiger partial charge in [0.1, 0.15) is 12.7 Å². The van der Waals surface area contributed by atoms with Gasteiger partial charge in [-0.3, -0.25) is 15.0 Å². The minimum absolute atomic E-state index is 0.0344. The fraction of sp³-hybridized carbons (Fsp3) is 0.429. The van der Waals surface area contributed by atoms with Crippen molar-refractivity contribution in [3.05, 3.63) is 12.7 Å². The van der Waals surface area contributed by atoms with Crippen LogP contribution in [0.2, 0.25) is 0 Å². The molecule has 15 heavy (non-hydrogen) atoms. The maximum Gasteiger partial charge on any atom is 0.328 e. The van der Waals surface area contributed by atoms with Crippen molar-refractivity contribution in [2.45, 2.75) is 6.42 Å². The lowest BCUT2D eigenvalue weighted by Gasteiger charge is -2.04. The molecule has 2 amide bonds. The van der Waals surface area contributed by atoms with E-state index in [2.05, 4.69) is 20.9 Å². The van der Waals surface area contributed by atoms with Crippen LogP contribution in [0.4, 0.5) is 0 Å². The lowest BCUT2D eigenvalue weighted by Crippen LogP contribution is -2.39. The number of carbonyl (C=O) groups is 2. The van der Waals surface area contributed by atoms with Gasteiger partial charge in [-0.25, -0.2) is 4.68 Å². The first-order valence-corrected chi connectivity index (χ1v) is 4.28. The van der Waals surface area contributed by atoms with Gasteiger partial charge in [0.25, 0.3) is 0 Å². The van der Waals surface area contributed by atoms with E-state index in [1.54, 1.807) is 0 Å². The number of hydrogen-bond donors (Lipinski definition) is 3. The maximum atomic E-state index is 11.1. The highest BCUT2D eigenvalue weighted by Gasteiger charge is 2.12. The molecule has 0 fully saturated rings. The largest absolute Gasteiger partial charge is 0.396 e. The van der Waals surface area contributed by atoms with Crippen LogP contribution in [-0.4, -0.2) is 44.9 Å². The minimum atomic E-state index is -0.812. The van der Waals surface area contributed by atoms with E-state index in [1.165, 1.54) is 12.7 Å². The second-order valence-corrected chi connectivity index (χ2v) is 2.64. The van der Waals surface area contributed by atoms with E-state index in [4.69, 9.17) is 5.11 Å². The Labute approximate surface area is 85.3 Å². The van der Waals surface area contributed by atoms with Gasteiger partial charge in [-0.1, -0.05) is 0 Å². The summed E-state index contributed by atoms with van der Waals surface area (Å²) in [6, 6.07) is 0. The number of rotatable bonds is 4. The number of carbonyl (C=O) groups excluding carboxylic acids is 2. The van der Waals surface area contributed by atoms with E-state index in [0.29, 0.717) is 6.42 Å². The van der Waals surface area contributed by atoms with Crippen molar-refractivity contribution in [1.82, 2.24) is 20.2 Å². The van der Waals surface area contributed by atoms with Crippen LogP contribution < -0.4 is 10.7 Å². The van der Waals surface area contributed by atoms with Crippen molar-refractivity contribution in [3.63, 3.8) is 0 Å². The third-order valence-corrected chi connectivity index (χ3v) is 1.48. The van der Waals surface area contributed by atoms with E-state index in [0.717, 1.165) is 4.68 Å². The summed E-state index contributed by atoms with van der Waals surface area (Å²) >= 11 is 0. The summed E-state index contributed by atoms with van der Waals surface area (Å²) in [5.74, 6) is -1.58. The lowest BCUT2D eigenvalue weighted by atomic mass is 10.4. The molecule has 0 aliphatic rings. The van der Waals surface area contributed by atoms with Gasteiger partial charge < -0.3 is 10.4 Å². The fourth-order valence-corrected chi connectivity index (χ4v) is 0.788. The quantitative estimate of drug-likeness (QED) is 0.390. The molecule has 0 aromatic carbocycles. The van der Waals surface area contributed by atoms with Crippen LogP contribution in [0.5, 0.6) is 0 Å². The van der Waals surface area contributed by atoms with Crippen LogP contribution in [0.15, 0.2) is 12.7 Å². The molecule has 1 aromatic heterocycles. The lowest BCUT2D eigenvalue weighted by molar-refractivity contribution is -0.136. The molecule has 0 spiro atoms. The molecule has 1 aromatic rings. The molecule has 0 unspecified atom stereocenters. The number of hydrogen-bond acceptors (Lipinski definition) is 5. The number of aliphatic hydroxyl groups is 1. The first-order chi connectivity index (χ1) is 7.24. The van der Waals surface area contributed by atoms with E-state index in [1.807, 2.05) is 0 Å². The Kier molecular flexibility index (Phi) is 4.23. The number of aromatic nitrogens is 3. The summed E-state index contributed by atoms with van der Waals surface area (Å²) in [5, 5.41) is 17.7. The van der Waals surface area contributed by atoms with Crippen molar-refractivity contribution in [2.24, 2.45) is 0 Å². The van der Waals surface area contributed by atoms with Gasteiger partial charge in [-0.15, -0.1) is 10.2 Å². The second kappa shape index (κ2) is 5.70. The summed E-state index contributed by atoms with van der Waals surface area (Å²) in [6.07, 6.45) is 2.91. The molecule has 0 saturated carbocycles. The van der Waals surface area contributed by atoms with Crippen LogP contribution in [-0.2, 0) is 9.59 Å². The fourth-order valence-electron chi connectivity index (χ4n) is 0.788. The number of nitrogens with one attached hydrogen (secondary N) is 2. The molecular formula is C7H11N5O3. The first-order valence-electron chi connectivity index (χ1n) is 4.28. The van der Waals surface area contributed by atoms with Crippen molar-refractivity contribution >= 4 is 11.8 Å². The van der Waals surface area contributed by atoms with Crippen molar-refractivity contribution in [3.8, 4) is 0 Å². The van der Waals surface area contributed by atoms with Gasteiger partial charge >= 0.3 is 11.8 Å². The standard InChI is InChI=1S/C7H11N5O3/c13-3-1-2-8-6(14)7(15)11-12-4-9-10-5-12/h4-5,13H,1-3H2,(H,8,14)(H,11,15). The summed E-state index contributed by atoms with van der Waals surface area (Å²) in [4.78, 5) is 22.2. The Bertz CT molecular complexity index is 323. The van der Waals surface area contributed by atoms with Gasteiger partial charge in [0.15, 0.2) is 0 Å². The summed E-state index contributed by atoms with van der Waals surface area (Å²) in [7, 11) is 0.